The monoisotopic (exact) mass is 451 g/mol. The number of anilines is 1. The molecule has 0 spiro atoms. The lowest BCUT2D eigenvalue weighted by Gasteiger charge is -2.17. The van der Waals surface area contributed by atoms with E-state index in [0.29, 0.717) is 21.6 Å². The Kier molecular flexibility index (Phi) is 6.68. The molecule has 0 atom stereocenters. The predicted molar refractivity (Wildman–Crippen MR) is 126 cm³/mol. The van der Waals surface area contributed by atoms with Crippen molar-refractivity contribution < 1.29 is 18.3 Å². The molecular weight excluding hydrogens is 430 g/mol. The number of hydrogen-bond acceptors (Lipinski definition) is 5. The van der Waals surface area contributed by atoms with Crippen molar-refractivity contribution in [3.05, 3.63) is 90.5 Å². The molecule has 2 N–H and O–H groups in total. The maximum Gasteiger partial charge on any atom is 0.261 e. The summed E-state index contributed by atoms with van der Waals surface area (Å²) < 4.78 is 28.7. The van der Waals surface area contributed by atoms with Gasteiger partial charge in [0.15, 0.2) is 5.78 Å². The van der Waals surface area contributed by atoms with E-state index in [-0.39, 0.29) is 22.1 Å². The van der Waals surface area contributed by atoms with Crippen molar-refractivity contribution in [1.29, 1.82) is 0 Å². The lowest BCUT2D eigenvalue weighted by Crippen LogP contribution is -2.15. The number of hydrogen-bond donors (Lipinski definition) is 2. The first-order valence-electron chi connectivity index (χ1n) is 9.28. The van der Waals surface area contributed by atoms with Crippen molar-refractivity contribution in [3.8, 4) is 5.75 Å². The minimum atomic E-state index is -4.00. The van der Waals surface area contributed by atoms with Gasteiger partial charge in [0.1, 0.15) is 5.75 Å². The van der Waals surface area contributed by atoms with E-state index in [9.17, 15) is 18.3 Å². The van der Waals surface area contributed by atoms with Gasteiger partial charge >= 0.3 is 0 Å². The second-order valence-electron chi connectivity index (χ2n) is 6.61. The third kappa shape index (κ3) is 4.90. The second kappa shape index (κ2) is 9.24. The average molecular weight is 452 g/mol. The van der Waals surface area contributed by atoms with Crippen molar-refractivity contribution in [3.63, 3.8) is 0 Å². The van der Waals surface area contributed by atoms with Crippen LogP contribution in [0.4, 0.5) is 5.69 Å². The normalized spacial score (nSPS) is 11.0. The Morgan fingerprint density at radius 1 is 1.00 bits per heavy atom. The van der Waals surface area contributed by atoms with Crippen LogP contribution in [-0.2, 0) is 10.0 Å². The van der Waals surface area contributed by atoms with Gasteiger partial charge in [-0.15, -0.1) is 0 Å². The zero-order chi connectivity index (χ0) is 22.6. The molecule has 0 saturated heterocycles. The van der Waals surface area contributed by atoms with E-state index in [0.717, 1.165) is 4.90 Å². The van der Waals surface area contributed by atoms with Crippen LogP contribution in [0.25, 0.3) is 12.2 Å². The van der Waals surface area contributed by atoms with E-state index in [1.807, 2.05) is 30.3 Å². The van der Waals surface area contributed by atoms with E-state index in [2.05, 4.69) is 17.9 Å². The number of nitrogens with one attached hydrogen (secondary N) is 1. The van der Waals surface area contributed by atoms with Crippen molar-refractivity contribution in [2.75, 3.05) is 4.72 Å². The highest BCUT2D eigenvalue weighted by Crippen LogP contribution is 2.42. The van der Waals surface area contributed by atoms with Crippen molar-refractivity contribution >= 4 is 45.4 Å². The van der Waals surface area contributed by atoms with Crippen LogP contribution < -0.4 is 4.72 Å². The van der Waals surface area contributed by atoms with Gasteiger partial charge in [-0.05, 0) is 37.3 Å². The first-order chi connectivity index (χ1) is 14.8. The number of ketones is 1. The molecule has 158 valence electrons. The van der Waals surface area contributed by atoms with Crippen molar-refractivity contribution in [1.82, 2.24) is 0 Å². The van der Waals surface area contributed by atoms with Crippen LogP contribution in [0.1, 0.15) is 28.4 Å². The Balaban J connectivity index is 2.10. The fourth-order valence-electron chi connectivity index (χ4n) is 2.97. The smallest absolute Gasteiger partial charge is 0.261 e. The van der Waals surface area contributed by atoms with Gasteiger partial charge in [-0.3, -0.25) is 9.52 Å². The summed E-state index contributed by atoms with van der Waals surface area (Å²) in [6, 6.07) is 16.8. The van der Waals surface area contributed by atoms with E-state index in [4.69, 9.17) is 0 Å². The molecule has 0 heterocycles. The van der Waals surface area contributed by atoms with Gasteiger partial charge in [0.2, 0.25) is 0 Å². The summed E-state index contributed by atoms with van der Waals surface area (Å²) in [6.45, 7) is 8.87. The number of carbonyl (C=O) groups is 1. The quantitative estimate of drug-likeness (QED) is 0.332. The Bertz CT molecular complexity index is 1270. The Labute approximate surface area is 186 Å². The molecule has 7 heteroatoms. The lowest BCUT2D eigenvalue weighted by atomic mass is 10.0. The topological polar surface area (TPSA) is 83.5 Å². The van der Waals surface area contributed by atoms with E-state index in [1.54, 1.807) is 12.1 Å². The summed E-state index contributed by atoms with van der Waals surface area (Å²) in [7, 11) is -4.00. The third-order valence-electron chi connectivity index (χ3n) is 4.52. The molecule has 0 saturated carbocycles. The van der Waals surface area contributed by atoms with Gasteiger partial charge in [-0.2, -0.15) is 0 Å². The maximum absolute atomic E-state index is 13.0. The largest absolute Gasteiger partial charge is 0.506 e. The molecule has 3 aromatic rings. The summed E-state index contributed by atoms with van der Waals surface area (Å²) in [4.78, 5) is 12.9. The molecule has 0 aromatic heterocycles. The van der Waals surface area contributed by atoms with Gasteiger partial charge in [-0.25, -0.2) is 8.42 Å². The third-order valence-corrected chi connectivity index (χ3v) is 6.92. The molecule has 0 radical (unpaired) electrons. The molecule has 0 unspecified atom stereocenters. The molecule has 0 bridgehead atoms. The minimum Gasteiger partial charge on any atom is -0.506 e. The number of phenols is 1. The minimum absolute atomic E-state index is 0.0136. The zero-order valence-electron chi connectivity index (χ0n) is 16.8. The fourth-order valence-corrected chi connectivity index (χ4v) is 5.02. The number of Topliss-reactive ketones (excluding diaryl/α,β-unsaturated/α-hetero) is 1. The van der Waals surface area contributed by atoms with Crippen molar-refractivity contribution in [2.45, 2.75) is 21.6 Å². The number of aromatic hydroxyl groups is 1. The van der Waals surface area contributed by atoms with Crippen LogP contribution in [0.3, 0.4) is 0 Å². The Morgan fingerprint density at radius 3 is 2.29 bits per heavy atom. The molecule has 0 fully saturated rings. The summed E-state index contributed by atoms with van der Waals surface area (Å²) in [5, 5.41) is 10.7. The van der Waals surface area contributed by atoms with Crippen molar-refractivity contribution in [2.24, 2.45) is 0 Å². The molecule has 0 aliphatic rings. The van der Waals surface area contributed by atoms with E-state index in [1.165, 1.54) is 49.0 Å². The first-order valence-corrected chi connectivity index (χ1v) is 11.6. The molecule has 3 rings (SSSR count). The van der Waals surface area contributed by atoms with Crippen LogP contribution >= 0.6 is 11.8 Å². The predicted octanol–water partition coefficient (Wildman–Crippen LogP) is 5.83. The fraction of sp³-hybridized carbons (Fsp3) is 0.0417. The SMILES string of the molecule is C=Cc1c(NS(=O)(=O)c2cccc(C(C)=O)c2)cc(Sc2ccccc2)c(O)c1C=C. The average Bonchev–Trinajstić information content (AvgIpc) is 2.76. The highest BCUT2D eigenvalue weighted by molar-refractivity contribution is 7.99. The Morgan fingerprint density at radius 2 is 1.68 bits per heavy atom. The van der Waals surface area contributed by atoms with Crippen LogP contribution in [0, 0.1) is 0 Å². The second-order valence-corrected chi connectivity index (χ2v) is 9.41. The van der Waals surface area contributed by atoms with Gasteiger partial charge in [-0.1, -0.05) is 67.4 Å². The lowest BCUT2D eigenvalue weighted by molar-refractivity contribution is 0.101. The number of rotatable bonds is 8. The van der Waals surface area contributed by atoms with Gasteiger partial charge in [0.25, 0.3) is 10.0 Å². The van der Waals surface area contributed by atoms with Crippen LogP contribution in [-0.4, -0.2) is 19.3 Å². The number of sulfonamides is 1. The first kappa shape index (κ1) is 22.4. The summed E-state index contributed by atoms with van der Waals surface area (Å²) in [5.74, 6) is -0.246. The number of carbonyl (C=O) groups excluding carboxylic acids is 1. The highest BCUT2D eigenvalue weighted by atomic mass is 32.2. The van der Waals surface area contributed by atoms with E-state index < -0.39 is 10.0 Å². The molecule has 0 amide bonds. The van der Waals surface area contributed by atoms with Crippen LogP contribution in [0.2, 0.25) is 0 Å². The number of benzene rings is 3. The summed E-state index contributed by atoms with van der Waals surface area (Å²) in [6.07, 6.45) is 2.91. The van der Waals surface area contributed by atoms with Crippen LogP contribution in [0.5, 0.6) is 5.75 Å². The Hall–Kier alpha value is -3.29. The van der Waals surface area contributed by atoms with Gasteiger partial charge in [0.05, 0.1) is 15.5 Å². The van der Waals surface area contributed by atoms with Gasteiger partial charge < -0.3 is 5.11 Å². The molecule has 0 aliphatic heterocycles. The molecule has 0 aliphatic carbocycles. The summed E-state index contributed by atoms with van der Waals surface area (Å²) >= 11 is 1.29. The zero-order valence-corrected chi connectivity index (χ0v) is 18.5. The van der Waals surface area contributed by atoms with E-state index >= 15 is 0 Å². The standard InChI is InChI=1S/C24H21NO4S2/c1-4-20-21(5-2)24(27)23(30-18-11-7-6-8-12-18)15-22(20)25-31(28,29)19-13-9-10-17(14-19)16(3)26/h4-15,25,27H,1-2H2,3H3. The molecule has 31 heavy (non-hydrogen) atoms. The molecule has 5 nitrogen and oxygen atoms in total. The highest BCUT2D eigenvalue weighted by Gasteiger charge is 2.21. The number of phenolic OH excluding ortho intramolecular Hbond substituents is 1. The maximum atomic E-state index is 13.0. The van der Waals surface area contributed by atoms with Gasteiger partial charge in [0, 0.05) is 21.6 Å². The molecule has 3 aromatic carbocycles. The van der Waals surface area contributed by atoms with Crippen LogP contribution in [0.15, 0.2) is 88.5 Å². The molecular formula is C24H21NO4S2. The summed E-state index contributed by atoms with van der Waals surface area (Å²) in [5.41, 5.74) is 1.31.